The van der Waals surface area contributed by atoms with E-state index in [1.807, 2.05) is 4.90 Å². The molecule has 0 aromatic heterocycles. The van der Waals surface area contributed by atoms with Gasteiger partial charge in [-0.05, 0) is 43.7 Å². The third-order valence-electron chi connectivity index (χ3n) is 5.29. The number of ether oxygens (including phenoxy) is 2. The van der Waals surface area contributed by atoms with Gasteiger partial charge < -0.3 is 14.4 Å². The molecule has 2 fully saturated rings. The smallest absolute Gasteiger partial charge is 0.406 e. The van der Waals surface area contributed by atoms with Crippen LogP contribution in [0.25, 0.3) is 0 Å². The number of nitrogens with zero attached hydrogens (tertiary/aromatic N) is 2. The zero-order chi connectivity index (χ0) is 19.5. The molecule has 3 rings (SSSR count). The minimum absolute atomic E-state index is 0.0232. The van der Waals surface area contributed by atoms with Crippen LogP contribution in [0, 0.1) is 10.8 Å². The number of piperidine rings is 1. The molecule has 1 amide bonds. The summed E-state index contributed by atoms with van der Waals surface area (Å²) in [6.45, 7) is 1.75. The van der Waals surface area contributed by atoms with Gasteiger partial charge in [-0.15, -0.1) is 18.1 Å². The first-order valence-electron chi connectivity index (χ1n) is 8.89. The maximum Gasteiger partial charge on any atom is 0.573 e. The zero-order valence-corrected chi connectivity index (χ0v) is 14.7. The summed E-state index contributed by atoms with van der Waals surface area (Å²) in [7, 11) is 0. The van der Waals surface area contributed by atoms with E-state index in [2.05, 4.69) is 9.91 Å². The van der Waals surface area contributed by atoms with Gasteiger partial charge in [0, 0.05) is 36.4 Å². The first kappa shape index (κ1) is 19.6. The van der Waals surface area contributed by atoms with Gasteiger partial charge >= 0.3 is 6.36 Å². The van der Waals surface area contributed by atoms with Crippen molar-refractivity contribution in [2.45, 2.75) is 44.1 Å². The van der Waals surface area contributed by atoms with Crippen molar-refractivity contribution in [2.24, 2.45) is 11.1 Å². The molecule has 1 spiro atoms. The average molecular weight is 386 g/mol. The number of benzene rings is 1. The van der Waals surface area contributed by atoms with Crippen molar-refractivity contribution in [3.8, 4) is 5.75 Å². The fourth-order valence-corrected chi connectivity index (χ4v) is 3.81. The number of alkyl halides is 3. The maximum atomic E-state index is 12.4. The van der Waals surface area contributed by atoms with Crippen LogP contribution in [0.5, 0.6) is 5.75 Å². The molecule has 0 radical (unpaired) electrons. The summed E-state index contributed by atoms with van der Waals surface area (Å²) >= 11 is 0. The highest BCUT2D eigenvalue weighted by Crippen LogP contribution is 2.39. The molecule has 0 saturated carbocycles. The molecule has 1 unspecified atom stereocenters. The Balaban J connectivity index is 1.54. The van der Waals surface area contributed by atoms with Crippen LogP contribution >= 0.6 is 0 Å². The molecule has 148 valence electrons. The third kappa shape index (κ3) is 5.18. The molecule has 2 aliphatic rings. The van der Waals surface area contributed by atoms with Gasteiger partial charge in [-0.3, -0.25) is 4.79 Å². The van der Waals surface area contributed by atoms with E-state index in [4.69, 9.17) is 4.74 Å². The second-order valence-electron chi connectivity index (χ2n) is 7.12. The molecular weight excluding hydrogens is 365 g/mol. The topological polar surface area (TPSA) is 68.2 Å². The van der Waals surface area contributed by atoms with Gasteiger partial charge in [0.15, 0.2) is 0 Å². The summed E-state index contributed by atoms with van der Waals surface area (Å²) in [6, 6.07) is 5.97. The molecule has 6 nitrogen and oxygen atoms in total. The summed E-state index contributed by atoms with van der Waals surface area (Å²) in [5, 5.41) is 2.43. The van der Waals surface area contributed by atoms with Crippen molar-refractivity contribution >= 4 is 11.6 Å². The van der Waals surface area contributed by atoms with Gasteiger partial charge in [0.05, 0.1) is 12.2 Å². The molecule has 2 saturated heterocycles. The normalized spacial score (nSPS) is 22.5. The van der Waals surface area contributed by atoms with E-state index in [1.54, 1.807) is 12.1 Å². The number of anilines is 1. The fourth-order valence-electron chi connectivity index (χ4n) is 3.81. The molecule has 2 heterocycles. The highest BCUT2D eigenvalue weighted by atomic mass is 19.4. The Morgan fingerprint density at radius 2 is 2.04 bits per heavy atom. The molecule has 1 aromatic carbocycles. The molecule has 0 bridgehead atoms. The minimum Gasteiger partial charge on any atom is -0.406 e. The standard InChI is InChI=1S/C18H21F3N2O4/c19-18(20,21)27-15-3-1-2-14(11-15)23-8-6-17(7-9-23)5-4-13(12-26-17)10-16(24)22-25/h1-3,11,13H,4-10,12H2. The number of carbonyl (C=O) groups is 1. The number of hydrogen-bond donors (Lipinski definition) is 0. The van der Waals surface area contributed by atoms with Crippen LogP contribution in [0.4, 0.5) is 18.9 Å². The number of carbonyl (C=O) groups excluding carboxylic acids is 1. The number of halogens is 3. The van der Waals surface area contributed by atoms with Crippen LogP contribution in [-0.4, -0.2) is 37.6 Å². The Hall–Kier alpha value is -2.16. The second-order valence-corrected chi connectivity index (χ2v) is 7.12. The van der Waals surface area contributed by atoms with Gasteiger partial charge in [0.25, 0.3) is 5.91 Å². The number of hydrogen-bond acceptors (Lipinski definition) is 5. The summed E-state index contributed by atoms with van der Waals surface area (Å²) in [5.41, 5.74) is 0.424. The lowest BCUT2D eigenvalue weighted by atomic mass is 9.81. The van der Waals surface area contributed by atoms with Crippen molar-refractivity contribution in [3.63, 3.8) is 0 Å². The summed E-state index contributed by atoms with van der Waals surface area (Å²) in [5.74, 6) is -0.851. The summed E-state index contributed by atoms with van der Waals surface area (Å²) in [4.78, 5) is 23.4. The van der Waals surface area contributed by atoms with Gasteiger partial charge in [-0.1, -0.05) is 6.07 Å². The molecule has 9 heteroatoms. The summed E-state index contributed by atoms with van der Waals surface area (Å²) in [6.07, 6.45) is -1.48. The van der Waals surface area contributed by atoms with E-state index >= 15 is 0 Å². The second kappa shape index (κ2) is 7.84. The predicted octanol–water partition coefficient (Wildman–Crippen LogP) is 4.03. The van der Waals surface area contributed by atoms with Gasteiger partial charge in [-0.25, -0.2) is 0 Å². The first-order chi connectivity index (χ1) is 12.8. The van der Waals surface area contributed by atoms with Crippen molar-refractivity contribution in [2.75, 3.05) is 24.6 Å². The SMILES string of the molecule is O=NC(=O)CC1CCC2(CCN(c3cccc(OC(F)(F)F)c3)CC2)OC1. The average Bonchev–Trinajstić information content (AvgIpc) is 2.63. The largest absolute Gasteiger partial charge is 0.573 e. The Labute approximate surface area is 154 Å². The quantitative estimate of drug-likeness (QED) is 0.731. The van der Waals surface area contributed by atoms with E-state index in [9.17, 15) is 22.9 Å². The Bertz CT molecular complexity index is 677. The molecule has 2 aliphatic heterocycles. The van der Waals surface area contributed by atoms with Crippen LogP contribution in [0.1, 0.15) is 32.1 Å². The van der Waals surface area contributed by atoms with E-state index < -0.39 is 12.3 Å². The lowest BCUT2D eigenvalue weighted by molar-refractivity contribution is -0.274. The predicted molar refractivity (Wildman–Crippen MR) is 91.4 cm³/mol. The van der Waals surface area contributed by atoms with E-state index in [0.717, 1.165) is 25.7 Å². The van der Waals surface area contributed by atoms with Crippen molar-refractivity contribution in [1.82, 2.24) is 0 Å². The minimum atomic E-state index is -4.71. The first-order valence-corrected chi connectivity index (χ1v) is 8.89. The van der Waals surface area contributed by atoms with Gasteiger partial charge in [0.2, 0.25) is 0 Å². The lowest BCUT2D eigenvalue weighted by Gasteiger charge is -2.46. The van der Waals surface area contributed by atoms with Crippen LogP contribution < -0.4 is 9.64 Å². The van der Waals surface area contributed by atoms with E-state index in [1.165, 1.54) is 12.1 Å². The lowest BCUT2D eigenvalue weighted by Crippen LogP contribution is -2.49. The van der Waals surface area contributed by atoms with Gasteiger partial charge in [-0.2, -0.15) is 0 Å². The summed E-state index contributed by atoms with van der Waals surface area (Å²) < 4.78 is 47.2. The zero-order valence-electron chi connectivity index (χ0n) is 14.7. The number of rotatable bonds is 4. The highest BCUT2D eigenvalue weighted by molar-refractivity contribution is 5.76. The maximum absolute atomic E-state index is 12.4. The van der Waals surface area contributed by atoms with Gasteiger partial charge in [0.1, 0.15) is 5.75 Å². The Morgan fingerprint density at radius 3 is 2.63 bits per heavy atom. The number of nitroso groups, excluding NO2 is 1. The van der Waals surface area contributed by atoms with E-state index in [0.29, 0.717) is 25.4 Å². The Kier molecular flexibility index (Phi) is 5.69. The molecule has 1 aromatic rings. The van der Waals surface area contributed by atoms with Crippen LogP contribution in [-0.2, 0) is 9.53 Å². The molecule has 1 atom stereocenters. The third-order valence-corrected chi connectivity index (χ3v) is 5.29. The van der Waals surface area contributed by atoms with Crippen LogP contribution in [0.3, 0.4) is 0 Å². The fraction of sp³-hybridized carbons (Fsp3) is 0.611. The van der Waals surface area contributed by atoms with Crippen molar-refractivity contribution in [3.05, 3.63) is 29.2 Å². The molecule has 0 aliphatic carbocycles. The highest BCUT2D eigenvalue weighted by Gasteiger charge is 2.40. The van der Waals surface area contributed by atoms with Crippen molar-refractivity contribution in [1.29, 1.82) is 0 Å². The molecule has 27 heavy (non-hydrogen) atoms. The molecule has 0 N–H and O–H groups in total. The monoisotopic (exact) mass is 386 g/mol. The molecular formula is C18H21F3N2O4. The van der Waals surface area contributed by atoms with E-state index in [-0.39, 0.29) is 23.7 Å². The number of amides is 1. The Morgan fingerprint density at radius 1 is 1.30 bits per heavy atom. The van der Waals surface area contributed by atoms with Crippen LogP contribution in [0.15, 0.2) is 29.4 Å². The van der Waals surface area contributed by atoms with Crippen molar-refractivity contribution < 1.29 is 27.4 Å². The van der Waals surface area contributed by atoms with Crippen LogP contribution in [0.2, 0.25) is 0 Å².